The van der Waals surface area contributed by atoms with Crippen LogP contribution >= 0.6 is 15.9 Å². The van der Waals surface area contributed by atoms with Crippen molar-refractivity contribution < 1.29 is 9.18 Å². The average molecular weight is 435 g/mol. The minimum atomic E-state index is -0.500. The van der Waals surface area contributed by atoms with Crippen molar-refractivity contribution in [2.24, 2.45) is 0 Å². The first-order chi connectivity index (χ1) is 13.5. The lowest BCUT2D eigenvalue weighted by molar-refractivity contribution is 0.102. The van der Waals surface area contributed by atoms with E-state index in [9.17, 15) is 9.18 Å². The maximum atomic E-state index is 14.2. The fraction of sp³-hybridized carbons (Fsp3) is 0.0435. The molecule has 138 valence electrons. The number of carbonyl (C=O) groups is 1. The Morgan fingerprint density at radius 1 is 1.00 bits per heavy atom. The number of halogens is 2. The molecule has 4 aromatic rings. The molecule has 1 amide bonds. The van der Waals surface area contributed by atoms with Gasteiger partial charge in [-0.2, -0.15) is 0 Å². The molecular weight excluding hydrogens is 419 g/mol. The molecule has 0 unspecified atom stereocenters. The first-order valence-electron chi connectivity index (χ1n) is 8.74. The van der Waals surface area contributed by atoms with Crippen molar-refractivity contribution in [3.8, 4) is 11.3 Å². The summed E-state index contributed by atoms with van der Waals surface area (Å²) in [6.45, 7) is 2.02. The molecule has 0 atom stereocenters. The van der Waals surface area contributed by atoms with E-state index in [0.29, 0.717) is 26.6 Å². The van der Waals surface area contributed by atoms with Gasteiger partial charge in [0.05, 0.1) is 22.5 Å². The summed E-state index contributed by atoms with van der Waals surface area (Å²) < 4.78 is 14.8. The van der Waals surface area contributed by atoms with Crippen LogP contribution in [0.25, 0.3) is 22.2 Å². The van der Waals surface area contributed by atoms with Crippen molar-refractivity contribution in [1.82, 2.24) is 4.98 Å². The van der Waals surface area contributed by atoms with Crippen LogP contribution in [-0.2, 0) is 0 Å². The van der Waals surface area contributed by atoms with Gasteiger partial charge in [-0.1, -0.05) is 64.0 Å². The van der Waals surface area contributed by atoms with Gasteiger partial charge in [0.15, 0.2) is 0 Å². The molecule has 0 bridgehead atoms. The molecule has 3 nitrogen and oxygen atoms in total. The Kier molecular flexibility index (Phi) is 4.92. The summed E-state index contributed by atoms with van der Waals surface area (Å²) in [7, 11) is 0. The Morgan fingerprint density at radius 2 is 1.75 bits per heavy atom. The Morgan fingerprint density at radius 3 is 2.50 bits per heavy atom. The molecule has 0 spiro atoms. The predicted octanol–water partition coefficient (Wildman–Crippen LogP) is 6.36. The number of hydrogen-bond donors (Lipinski definition) is 1. The van der Waals surface area contributed by atoms with Crippen molar-refractivity contribution in [2.45, 2.75) is 6.92 Å². The van der Waals surface area contributed by atoms with E-state index < -0.39 is 5.82 Å². The SMILES string of the molecule is Cc1ccc(-c2cc(C(=O)Nc3ccc(Br)cc3F)c3ccccc3n2)cc1. The van der Waals surface area contributed by atoms with Gasteiger partial charge < -0.3 is 5.32 Å². The highest BCUT2D eigenvalue weighted by Crippen LogP contribution is 2.27. The molecule has 4 rings (SSSR count). The molecular formula is C23H16BrFN2O. The number of rotatable bonds is 3. The number of anilines is 1. The van der Waals surface area contributed by atoms with E-state index in [2.05, 4.69) is 21.2 Å². The van der Waals surface area contributed by atoms with Gasteiger partial charge in [0, 0.05) is 15.4 Å². The molecule has 1 heterocycles. The first kappa shape index (κ1) is 18.3. The fourth-order valence-corrected chi connectivity index (χ4v) is 3.35. The number of aromatic nitrogens is 1. The van der Waals surface area contributed by atoms with Crippen LogP contribution in [0.15, 0.2) is 77.3 Å². The van der Waals surface area contributed by atoms with E-state index in [-0.39, 0.29) is 11.6 Å². The molecule has 28 heavy (non-hydrogen) atoms. The van der Waals surface area contributed by atoms with Crippen molar-refractivity contribution in [2.75, 3.05) is 5.32 Å². The number of fused-ring (bicyclic) bond motifs is 1. The van der Waals surface area contributed by atoms with Gasteiger partial charge in [0.1, 0.15) is 5.82 Å². The molecule has 1 aromatic heterocycles. The van der Waals surface area contributed by atoms with Crippen LogP contribution < -0.4 is 5.32 Å². The Hall–Kier alpha value is -3.05. The summed E-state index contributed by atoms with van der Waals surface area (Å²) in [5, 5.41) is 3.39. The molecule has 0 aliphatic carbocycles. The number of para-hydroxylation sites is 1. The zero-order chi connectivity index (χ0) is 19.7. The second-order valence-electron chi connectivity index (χ2n) is 6.52. The summed E-state index contributed by atoms with van der Waals surface area (Å²) in [5.74, 6) is -0.881. The van der Waals surface area contributed by atoms with Crippen molar-refractivity contribution >= 4 is 38.4 Å². The number of carbonyl (C=O) groups excluding carboxylic acids is 1. The third-order valence-electron chi connectivity index (χ3n) is 4.49. The van der Waals surface area contributed by atoms with E-state index in [1.807, 2.05) is 55.5 Å². The molecule has 1 N–H and O–H groups in total. The van der Waals surface area contributed by atoms with Crippen LogP contribution in [0.5, 0.6) is 0 Å². The topological polar surface area (TPSA) is 42.0 Å². The quantitative estimate of drug-likeness (QED) is 0.407. The third-order valence-corrected chi connectivity index (χ3v) is 4.98. The molecule has 0 aliphatic heterocycles. The molecule has 0 aliphatic rings. The van der Waals surface area contributed by atoms with Gasteiger partial charge >= 0.3 is 0 Å². The lowest BCUT2D eigenvalue weighted by Crippen LogP contribution is -2.14. The maximum absolute atomic E-state index is 14.2. The number of amides is 1. The Bertz CT molecular complexity index is 1190. The highest BCUT2D eigenvalue weighted by molar-refractivity contribution is 9.10. The second kappa shape index (κ2) is 7.52. The summed E-state index contributed by atoms with van der Waals surface area (Å²) in [5.41, 5.74) is 4.05. The fourth-order valence-electron chi connectivity index (χ4n) is 3.02. The molecule has 0 saturated heterocycles. The van der Waals surface area contributed by atoms with Crippen LogP contribution in [0.3, 0.4) is 0 Å². The lowest BCUT2D eigenvalue weighted by atomic mass is 10.0. The van der Waals surface area contributed by atoms with E-state index >= 15 is 0 Å². The highest BCUT2D eigenvalue weighted by Gasteiger charge is 2.15. The average Bonchev–Trinajstić information content (AvgIpc) is 2.69. The van der Waals surface area contributed by atoms with E-state index in [1.54, 1.807) is 12.1 Å². The minimum Gasteiger partial charge on any atom is -0.319 e. The predicted molar refractivity (Wildman–Crippen MR) is 114 cm³/mol. The van der Waals surface area contributed by atoms with Gasteiger partial charge in [-0.3, -0.25) is 4.79 Å². The van der Waals surface area contributed by atoms with Gasteiger partial charge in [-0.15, -0.1) is 0 Å². The third kappa shape index (κ3) is 3.66. The lowest BCUT2D eigenvalue weighted by Gasteiger charge is -2.11. The first-order valence-corrected chi connectivity index (χ1v) is 9.54. The standard InChI is InChI=1S/C23H16BrFN2O/c1-14-6-8-15(9-7-14)22-13-18(17-4-2-3-5-20(17)26-22)23(28)27-21-11-10-16(24)12-19(21)25/h2-13H,1H3,(H,27,28). The second-order valence-corrected chi connectivity index (χ2v) is 7.43. The van der Waals surface area contributed by atoms with Crippen LogP contribution in [0.4, 0.5) is 10.1 Å². The highest BCUT2D eigenvalue weighted by atomic mass is 79.9. The van der Waals surface area contributed by atoms with Gasteiger partial charge in [0.25, 0.3) is 5.91 Å². The number of pyridine rings is 1. The number of benzene rings is 3. The van der Waals surface area contributed by atoms with E-state index in [1.165, 1.54) is 12.1 Å². The summed E-state index contributed by atoms with van der Waals surface area (Å²) in [4.78, 5) is 17.7. The number of hydrogen-bond acceptors (Lipinski definition) is 2. The van der Waals surface area contributed by atoms with E-state index in [0.717, 1.165) is 11.1 Å². The molecule has 0 radical (unpaired) electrons. The Balaban J connectivity index is 1.80. The van der Waals surface area contributed by atoms with Gasteiger partial charge in [-0.25, -0.2) is 9.37 Å². The number of aryl methyl sites for hydroxylation is 1. The van der Waals surface area contributed by atoms with Crippen molar-refractivity contribution in [3.63, 3.8) is 0 Å². The zero-order valence-electron chi connectivity index (χ0n) is 15.0. The van der Waals surface area contributed by atoms with Crippen LogP contribution in [-0.4, -0.2) is 10.9 Å². The smallest absolute Gasteiger partial charge is 0.256 e. The van der Waals surface area contributed by atoms with Crippen LogP contribution in [0.2, 0.25) is 0 Å². The summed E-state index contributed by atoms with van der Waals surface area (Å²) >= 11 is 3.22. The molecule has 3 aromatic carbocycles. The normalized spacial score (nSPS) is 10.8. The van der Waals surface area contributed by atoms with Gasteiger partial charge in [0.2, 0.25) is 0 Å². The molecule has 5 heteroatoms. The molecule has 0 fully saturated rings. The summed E-state index contributed by atoms with van der Waals surface area (Å²) in [6, 6.07) is 21.7. The number of nitrogens with one attached hydrogen (secondary N) is 1. The van der Waals surface area contributed by atoms with E-state index in [4.69, 9.17) is 4.98 Å². The van der Waals surface area contributed by atoms with Crippen LogP contribution in [0.1, 0.15) is 15.9 Å². The Labute approximate surface area is 170 Å². The minimum absolute atomic E-state index is 0.131. The maximum Gasteiger partial charge on any atom is 0.256 e. The van der Waals surface area contributed by atoms with Crippen molar-refractivity contribution in [1.29, 1.82) is 0 Å². The van der Waals surface area contributed by atoms with Crippen LogP contribution in [0, 0.1) is 12.7 Å². The monoisotopic (exact) mass is 434 g/mol. The largest absolute Gasteiger partial charge is 0.319 e. The zero-order valence-corrected chi connectivity index (χ0v) is 16.6. The molecule has 0 saturated carbocycles. The van der Waals surface area contributed by atoms with Gasteiger partial charge in [-0.05, 0) is 37.3 Å². The summed E-state index contributed by atoms with van der Waals surface area (Å²) in [6.07, 6.45) is 0. The number of nitrogens with zero attached hydrogens (tertiary/aromatic N) is 1. The van der Waals surface area contributed by atoms with Crippen molar-refractivity contribution in [3.05, 3.63) is 94.2 Å².